The Morgan fingerprint density at radius 1 is 0.786 bits per heavy atom. The van der Waals surface area contributed by atoms with Gasteiger partial charge in [0.1, 0.15) is 0 Å². The van der Waals surface area contributed by atoms with Gasteiger partial charge in [0.2, 0.25) is 0 Å². The molecular formula is C22H30O6. The van der Waals surface area contributed by atoms with Gasteiger partial charge in [-0.2, -0.15) is 0 Å². The minimum atomic E-state index is -0.0272. The van der Waals surface area contributed by atoms with Crippen LogP contribution >= 0.6 is 0 Å². The quantitative estimate of drug-likeness (QED) is 0.471. The maximum atomic E-state index is 10.1. The second-order valence-corrected chi connectivity index (χ2v) is 6.99. The molecule has 0 saturated heterocycles. The van der Waals surface area contributed by atoms with E-state index in [1.54, 1.807) is 24.3 Å². The Labute approximate surface area is 166 Å². The van der Waals surface area contributed by atoms with Gasteiger partial charge in [-0.15, -0.1) is 0 Å². The summed E-state index contributed by atoms with van der Waals surface area (Å²) in [6.45, 7) is 0.106. The highest BCUT2D eigenvalue weighted by Crippen LogP contribution is 2.32. The predicted octanol–water partition coefficient (Wildman–Crippen LogP) is 2.90. The van der Waals surface area contributed by atoms with Crippen LogP contribution in [0.3, 0.4) is 0 Å². The fourth-order valence-corrected chi connectivity index (χ4v) is 3.54. The first-order valence-electron chi connectivity index (χ1n) is 9.45. The lowest BCUT2D eigenvalue weighted by molar-refractivity contribution is 0.158. The molecule has 0 spiro atoms. The maximum absolute atomic E-state index is 10.1. The summed E-state index contributed by atoms with van der Waals surface area (Å²) in [5.41, 5.74) is 1.96. The number of benzene rings is 2. The molecule has 0 heterocycles. The summed E-state index contributed by atoms with van der Waals surface area (Å²) in [5, 5.41) is 38.9. The molecule has 0 saturated carbocycles. The third-order valence-electron chi connectivity index (χ3n) is 5.12. The van der Waals surface area contributed by atoms with Crippen LogP contribution in [0.25, 0.3) is 0 Å². The van der Waals surface area contributed by atoms with Gasteiger partial charge in [0.25, 0.3) is 0 Å². The zero-order valence-corrected chi connectivity index (χ0v) is 16.5. The van der Waals surface area contributed by atoms with Gasteiger partial charge in [-0.25, -0.2) is 0 Å². The smallest absolute Gasteiger partial charge is 0.160 e. The molecule has 2 atom stereocenters. The number of phenolic OH excluding ortho intramolecular Hbond substituents is 2. The third-order valence-corrected chi connectivity index (χ3v) is 5.12. The molecule has 4 N–H and O–H groups in total. The van der Waals surface area contributed by atoms with Crippen LogP contribution in [-0.2, 0) is 12.8 Å². The number of ether oxygens (including phenoxy) is 2. The van der Waals surface area contributed by atoms with Crippen LogP contribution in [0.5, 0.6) is 23.0 Å². The zero-order valence-electron chi connectivity index (χ0n) is 16.5. The second-order valence-electron chi connectivity index (χ2n) is 6.99. The summed E-state index contributed by atoms with van der Waals surface area (Å²) in [4.78, 5) is 0. The van der Waals surface area contributed by atoms with Gasteiger partial charge in [0, 0.05) is 13.2 Å². The Bertz CT molecular complexity index is 746. The van der Waals surface area contributed by atoms with E-state index in [0.29, 0.717) is 30.8 Å². The van der Waals surface area contributed by atoms with E-state index in [-0.39, 0.29) is 36.5 Å². The number of rotatable bonds is 11. The summed E-state index contributed by atoms with van der Waals surface area (Å²) < 4.78 is 10.4. The Hall–Kier alpha value is -2.44. The molecule has 2 aromatic carbocycles. The van der Waals surface area contributed by atoms with Gasteiger partial charge >= 0.3 is 0 Å². The molecule has 0 aliphatic carbocycles. The van der Waals surface area contributed by atoms with E-state index in [4.69, 9.17) is 9.47 Å². The molecule has 6 nitrogen and oxygen atoms in total. The fraction of sp³-hybridized carbons (Fsp3) is 0.455. The van der Waals surface area contributed by atoms with Crippen LogP contribution in [0.2, 0.25) is 0 Å². The highest BCUT2D eigenvalue weighted by molar-refractivity contribution is 5.43. The van der Waals surface area contributed by atoms with Crippen molar-refractivity contribution in [1.82, 2.24) is 0 Å². The van der Waals surface area contributed by atoms with E-state index < -0.39 is 0 Å². The number of aromatic hydroxyl groups is 2. The molecular weight excluding hydrogens is 360 g/mol. The van der Waals surface area contributed by atoms with Crippen molar-refractivity contribution in [2.45, 2.75) is 25.7 Å². The Balaban J connectivity index is 2.21. The average molecular weight is 390 g/mol. The summed E-state index contributed by atoms with van der Waals surface area (Å²) >= 11 is 0. The van der Waals surface area contributed by atoms with E-state index in [0.717, 1.165) is 17.5 Å². The standard InChI is InChI=1S/C22H30O6/c1-27-21-12-15(5-7-19(21)25)10-17(4-3-9-23)18(14-24)11-16-6-8-20(26)22(13-16)28-2/h5-8,12-13,17-18,23-26H,3-4,9-11,14H2,1-2H3/t17-,18+/m0/s1. The molecule has 2 aromatic rings. The molecule has 0 aliphatic rings. The molecule has 2 rings (SSSR count). The molecule has 0 fully saturated rings. The predicted molar refractivity (Wildman–Crippen MR) is 107 cm³/mol. The number of aliphatic hydroxyl groups is 2. The van der Waals surface area contributed by atoms with Gasteiger partial charge in [-0.05, 0) is 72.9 Å². The molecule has 0 aromatic heterocycles. The third kappa shape index (κ3) is 5.78. The van der Waals surface area contributed by atoms with E-state index in [9.17, 15) is 20.4 Å². The highest BCUT2D eigenvalue weighted by Gasteiger charge is 2.22. The van der Waals surface area contributed by atoms with Gasteiger partial charge in [-0.3, -0.25) is 0 Å². The van der Waals surface area contributed by atoms with Crippen LogP contribution in [0.15, 0.2) is 36.4 Å². The molecule has 6 heteroatoms. The summed E-state index contributed by atoms with van der Waals surface area (Å²) in [7, 11) is 3.02. The lowest BCUT2D eigenvalue weighted by Crippen LogP contribution is -2.23. The number of hydrogen-bond acceptors (Lipinski definition) is 6. The molecule has 0 aliphatic heterocycles. The topological polar surface area (TPSA) is 99.4 Å². The zero-order chi connectivity index (χ0) is 20.5. The van der Waals surface area contributed by atoms with Crippen molar-refractivity contribution >= 4 is 0 Å². The molecule has 0 bridgehead atoms. The minimum Gasteiger partial charge on any atom is -0.504 e. The van der Waals surface area contributed by atoms with Crippen molar-refractivity contribution in [2.24, 2.45) is 11.8 Å². The van der Waals surface area contributed by atoms with Crippen molar-refractivity contribution in [3.63, 3.8) is 0 Å². The largest absolute Gasteiger partial charge is 0.504 e. The lowest BCUT2D eigenvalue weighted by atomic mass is 9.80. The Morgan fingerprint density at radius 2 is 1.29 bits per heavy atom. The van der Waals surface area contributed by atoms with Crippen molar-refractivity contribution in [1.29, 1.82) is 0 Å². The first-order chi connectivity index (χ1) is 13.5. The Morgan fingerprint density at radius 3 is 1.71 bits per heavy atom. The van der Waals surface area contributed by atoms with Crippen molar-refractivity contribution in [2.75, 3.05) is 27.4 Å². The summed E-state index contributed by atoms with van der Waals surface area (Å²) in [5.74, 6) is 1.10. The van der Waals surface area contributed by atoms with Crippen LogP contribution < -0.4 is 9.47 Å². The van der Waals surface area contributed by atoms with Gasteiger partial charge < -0.3 is 29.9 Å². The van der Waals surface area contributed by atoms with Crippen molar-refractivity contribution in [3.05, 3.63) is 47.5 Å². The van der Waals surface area contributed by atoms with Gasteiger partial charge in [0.15, 0.2) is 23.0 Å². The molecule has 154 valence electrons. The number of methoxy groups -OCH3 is 2. The van der Waals surface area contributed by atoms with Crippen LogP contribution in [-0.4, -0.2) is 47.9 Å². The molecule has 0 amide bonds. The number of phenols is 2. The first-order valence-corrected chi connectivity index (χ1v) is 9.45. The average Bonchev–Trinajstić information content (AvgIpc) is 2.71. The molecule has 0 unspecified atom stereocenters. The Kier molecular flexibility index (Phi) is 8.42. The van der Waals surface area contributed by atoms with Crippen LogP contribution in [0.1, 0.15) is 24.0 Å². The van der Waals surface area contributed by atoms with Crippen molar-refractivity contribution < 1.29 is 29.9 Å². The SMILES string of the molecule is COc1cc(C[C@H](CO)[C@@H](CCCO)Cc2ccc(O)c(OC)c2)ccc1O. The maximum Gasteiger partial charge on any atom is 0.160 e. The van der Waals surface area contributed by atoms with Crippen LogP contribution in [0.4, 0.5) is 0 Å². The van der Waals surface area contributed by atoms with E-state index in [1.165, 1.54) is 14.2 Å². The van der Waals surface area contributed by atoms with Crippen molar-refractivity contribution in [3.8, 4) is 23.0 Å². The first kappa shape index (κ1) is 21.9. The van der Waals surface area contributed by atoms with E-state index in [1.807, 2.05) is 12.1 Å². The normalized spacial score (nSPS) is 13.1. The van der Waals surface area contributed by atoms with Crippen LogP contribution in [0, 0.1) is 11.8 Å². The van der Waals surface area contributed by atoms with Gasteiger partial charge in [0.05, 0.1) is 14.2 Å². The number of aliphatic hydroxyl groups excluding tert-OH is 2. The highest BCUT2D eigenvalue weighted by atomic mass is 16.5. The minimum absolute atomic E-state index is 0.00844. The number of hydrogen-bond donors (Lipinski definition) is 4. The fourth-order valence-electron chi connectivity index (χ4n) is 3.54. The summed E-state index contributed by atoms with van der Waals surface area (Å²) in [6, 6.07) is 10.5. The monoisotopic (exact) mass is 390 g/mol. The lowest BCUT2D eigenvalue weighted by Gasteiger charge is -2.26. The summed E-state index contributed by atoms with van der Waals surface area (Å²) in [6.07, 6.45) is 2.73. The van der Waals surface area contributed by atoms with E-state index >= 15 is 0 Å². The molecule has 28 heavy (non-hydrogen) atoms. The van der Waals surface area contributed by atoms with Gasteiger partial charge in [-0.1, -0.05) is 12.1 Å². The van der Waals surface area contributed by atoms with E-state index in [2.05, 4.69) is 0 Å². The molecule has 0 radical (unpaired) electrons. The second kappa shape index (κ2) is 10.8.